The number of hydrogen-bond donors (Lipinski definition) is 0. The predicted octanol–water partition coefficient (Wildman–Crippen LogP) is 1.04. The molecule has 0 radical (unpaired) electrons. The van der Waals surface area contributed by atoms with E-state index in [1.807, 2.05) is 37.3 Å². The van der Waals surface area contributed by atoms with E-state index in [2.05, 4.69) is 15.9 Å². The Kier molecular flexibility index (Phi) is 3.19. The van der Waals surface area contributed by atoms with Gasteiger partial charge in [0.05, 0.1) is 24.6 Å². The molecule has 6 heteroatoms. The fourth-order valence-corrected chi connectivity index (χ4v) is 4.31. The van der Waals surface area contributed by atoms with E-state index in [0.29, 0.717) is 6.54 Å². The number of carbonyl (C=O) groups excluding carboxylic acids is 2. The summed E-state index contributed by atoms with van der Waals surface area (Å²) < 4.78 is 6.83. The highest BCUT2D eigenvalue weighted by atomic mass is 79.9. The number of amides is 1. The molecule has 4 rings (SSSR count). The highest BCUT2D eigenvalue weighted by Gasteiger charge is 2.65. The van der Waals surface area contributed by atoms with Crippen LogP contribution in [0.25, 0.3) is 0 Å². The molecule has 1 amide bonds. The maximum Gasteiger partial charge on any atom is 0.230 e. The zero-order valence-electron chi connectivity index (χ0n) is 12.4. The summed E-state index contributed by atoms with van der Waals surface area (Å²) in [7, 11) is 0. The van der Waals surface area contributed by atoms with E-state index in [1.165, 1.54) is 0 Å². The molecule has 3 aliphatic heterocycles. The van der Waals surface area contributed by atoms with Crippen molar-refractivity contribution in [1.29, 1.82) is 0 Å². The van der Waals surface area contributed by atoms with Crippen LogP contribution in [0.1, 0.15) is 18.5 Å². The molecule has 2 saturated heterocycles. The van der Waals surface area contributed by atoms with Gasteiger partial charge in [-0.05, 0) is 24.6 Å². The van der Waals surface area contributed by atoms with E-state index in [-0.39, 0.29) is 11.9 Å². The van der Waals surface area contributed by atoms with Crippen molar-refractivity contribution in [3.05, 3.63) is 46.5 Å². The Morgan fingerprint density at radius 3 is 2.78 bits per heavy atom. The number of halogens is 1. The second-order valence-electron chi connectivity index (χ2n) is 6.41. The van der Waals surface area contributed by atoms with Crippen molar-refractivity contribution in [3.8, 4) is 0 Å². The second-order valence-corrected chi connectivity index (χ2v) is 7.33. The van der Waals surface area contributed by atoms with Gasteiger partial charge in [0, 0.05) is 16.4 Å². The van der Waals surface area contributed by atoms with Crippen molar-refractivity contribution >= 4 is 27.8 Å². The third kappa shape index (κ3) is 2.01. The van der Waals surface area contributed by atoms with Crippen molar-refractivity contribution < 1.29 is 19.4 Å². The third-order valence-corrected chi connectivity index (χ3v) is 5.75. The van der Waals surface area contributed by atoms with Gasteiger partial charge < -0.3 is 19.5 Å². The summed E-state index contributed by atoms with van der Waals surface area (Å²) in [5.41, 5.74) is 0.192. The van der Waals surface area contributed by atoms with Crippen LogP contribution in [0.4, 0.5) is 0 Å². The third-order valence-electron chi connectivity index (χ3n) is 5.22. The van der Waals surface area contributed by atoms with Gasteiger partial charge in [-0.1, -0.05) is 40.2 Å². The van der Waals surface area contributed by atoms with E-state index >= 15 is 0 Å². The lowest BCUT2D eigenvalue weighted by Gasteiger charge is -2.28. The Labute approximate surface area is 142 Å². The molecule has 0 aromatic heterocycles. The normalized spacial score (nSPS) is 35.7. The molecule has 1 aromatic rings. The number of rotatable bonds is 3. The lowest BCUT2D eigenvalue weighted by Crippen LogP contribution is -2.45. The van der Waals surface area contributed by atoms with Crippen LogP contribution in [0.15, 0.2) is 40.9 Å². The number of benzene rings is 1. The van der Waals surface area contributed by atoms with E-state index in [4.69, 9.17) is 4.74 Å². The highest BCUT2D eigenvalue weighted by molar-refractivity contribution is 9.10. The molecule has 120 valence electrons. The Bertz CT molecular complexity index is 716. The highest BCUT2D eigenvalue weighted by Crippen LogP contribution is 2.53. The fourth-order valence-electron chi connectivity index (χ4n) is 4.05. The number of carbonyl (C=O) groups is 2. The van der Waals surface area contributed by atoms with E-state index < -0.39 is 29.5 Å². The molecule has 0 aliphatic carbocycles. The standard InChI is InChI=1S/C17H16BrNO4/c1-9(10-2-4-11(18)5-3-10)19-8-17-7-6-12(23-17)13(16(21)22)14(17)15(19)20/h2-7,9,12-14H,8H2,1H3,(H,21,22)/p-1/t9-,12+,13+,14-,17+/m0/s1. The van der Waals surface area contributed by atoms with Gasteiger partial charge >= 0.3 is 0 Å². The molecule has 0 N–H and O–H groups in total. The molecule has 5 nitrogen and oxygen atoms in total. The minimum absolute atomic E-state index is 0.144. The van der Waals surface area contributed by atoms with Crippen molar-refractivity contribution in [3.63, 3.8) is 0 Å². The van der Waals surface area contributed by atoms with Crippen LogP contribution in [0.3, 0.4) is 0 Å². The van der Waals surface area contributed by atoms with Gasteiger partial charge in [-0.2, -0.15) is 0 Å². The van der Waals surface area contributed by atoms with Gasteiger partial charge in [0.25, 0.3) is 0 Å². The van der Waals surface area contributed by atoms with Crippen LogP contribution in [-0.2, 0) is 14.3 Å². The van der Waals surface area contributed by atoms with Gasteiger partial charge in [0.15, 0.2) is 0 Å². The zero-order chi connectivity index (χ0) is 16.4. The summed E-state index contributed by atoms with van der Waals surface area (Å²) in [6, 6.07) is 7.62. The maximum atomic E-state index is 12.9. The lowest BCUT2D eigenvalue weighted by molar-refractivity contribution is -0.313. The maximum absolute atomic E-state index is 12.9. The fraction of sp³-hybridized carbons (Fsp3) is 0.412. The summed E-state index contributed by atoms with van der Waals surface area (Å²) in [5.74, 6) is -2.95. The first-order valence-electron chi connectivity index (χ1n) is 7.57. The van der Waals surface area contributed by atoms with Crippen molar-refractivity contribution in [2.75, 3.05) is 6.54 Å². The minimum Gasteiger partial charge on any atom is -0.550 e. The Hall–Kier alpha value is -1.66. The van der Waals surface area contributed by atoms with Gasteiger partial charge in [-0.15, -0.1) is 0 Å². The number of carboxylic acid groups (broad SMARTS) is 1. The number of likely N-dealkylation sites (tertiary alicyclic amines) is 1. The quantitative estimate of drug-likeness (QED) is 0.739. The van der Waals surface area contributed by atoms with Gasteiger partial charge in [-0.3, -0.25) is 4.79 Å². The van der Waals surface area contributed by atoms with Gasteiger partial charge in [0.2, 0.25) is 5.91 Å². The minimum atomic E-state index is -1.21. The largest absolute Gasteiger partial charge is 0.550 e. The van der Waals surface area contributed by atoms with E-state index in [1.54, 1.807) is 11.0 Å². The average Bonchev–Trinajstić information content (AvgIpc) is 3.15. The number of fused-ring (bicyclic) bond motifs is 1. The molecule has 2 fully saturated rings. The summed E-state index contributed by atoms with van der Waals surface area (Å²) in [5, 5.41) is 11.5. The van der Waals surface area contributed by atoms with Crippen LogP contribution in [0.2, 0.25) is 0 Å². The monoisotopic (exact) mass is 376 g/mol. The smallest absolute Gasteiger partial charge is 0.230 e. The molecular weight excluding hydrogens is 362 g/mol. The Morgan fingerprint density at radius 2 is 2.13 bits per heavy atom. The molecule has 1 aromatic carbocycles. The van der Waals surface area contributed by atoms with Crippen molar-refractivity contribution in [1.82, 2.24) is 4.90 Å². The van der Waals surface area contributed by atoms with Crippen LogP contribution in [-0.4, -0.2) is 35.0 Å². The van der Waals surface area contributed by atoms with E-state index in [0.717, 1.165) is 10.0 Å². The molecule has 1 spiro atoms. The zero-order valence-corrected chi connectivity index (χ0v) is 14.0. The first-order chi connectivity index (χ1) is 10.9. The number of carboxylic acids is 1. The molecule has 0 unspecified atom stereocenters. The Balaban J connectivity index is 1.66. The molecule has 23 heavy (non-hydrogen) atoms. The van der Waals surface area contributed by atoms with E-state index in [9.17, 15) is 14.7 Å². The topological polar surface area (TPSA) is 69.7 Å². The van der Waals surface area contributed by atoms with Crippen LogP contribution in [0, 0.1) is 11.8 Å². The summed E-state index contributed by atoms with van der Waals surface area (Å²) in [6.07, 6.45) is 3.06. The molecule has 2 bridgehead atoms. The molecule has 3 aliphatic rings. The summed E-state index contributed by atoms with van der Waals surface area (Å²) >= 11 is 3.40. The molecular formula is C17H15BrNO4-. The molecule has 5 atom stereocenters. The second kappa shape index (κ2) is 4.92. The summed E-state index contributed by atoms with van der Waals surface area (Å²) in [6.45, 7) is 2.33. The predicted molar refractivity (Wildman–Crippen MR) is 83.0 cm³/mol. The van der Waals surface area contributed by atoms with Gasteiger partial charge in [-0.25, -0.2) is 0 Å². The van der Waals surface area contributed by atoms with Crippen LogP contribution < -0.4 is 5.11 Å². The van der Waals surface area contributed by atoms with Crippen LogP contribution in [0.5, 0.6) is 0 Å². The average molecular weight is 377 g/mol. The summed E-state index contributed by atoms with van der Waals surface area (Å²) in [4.78, 5) is 26.1. The lowest BCUT2D eigenvalue weighted by atomic mass is 9.77. The number of ether oxygens (including phenoxy) is 1. The molecule has 3 heterocycles. The van der Waals surface area contributed by atoms with Gasteiger partial charge in [0.1, 0.15) is 5.60 Å². The SMILES string of the molecule is C[C@@H](c1ccc(Br)cc1)N1C[C@@]23C=C[C@@H](O2)[C@@H](C(=O)[O-])[C@H]3C1=O. The molecule has 0 saturated carbocycles. The Morgan fingerprint density at radius 1 is 1.43 bits per heavy atom. The van der Waals surface area contributed by atoms with Crippen molar-refractivity contribution in [2.45, 2.75) is 24.7 Å². The number of hydrogen-bond acceptors (Lipinski definition) is 4. The first kappa shape index (κ1) is 14.9. The van der Waals surface area contributed by atoms with Crippen LogP contribution >= 0.6 is 15.9 Å². The first-order valence-corrected chi connectivity index (χ1v) is 8.36. The van der Waals surface area contributed by atoms with Crippen molar-refractivity contribution in [2.24, 2.45) is 11.8 Å². The number of aliphatic carboxylic acids is 1. The number of nitrogens with zero attached hydrogens (tertiary/aromatic N) is 1.